The number of carbonyl (C=O) groups is 1. The van der Waals surface area contributed by atoms with Crippen LogP contribution in [0.25, 0.3) is 0 Å². The highest BCUT2D eigenvalue weighted by Gasteiger charge is 2.48. The van der Waals surface area contributed by atoms with Crippen molar-refractivity contribution in [2.24, 2.45) is 29.6 Å². The van der Waals surface area contributed by atoms with E-state index in [1.165, 1.54) is 25.7 Å². The summed E-state index contributed by atoms with van der Waals surface area (Å²) in [7, 11) is 0. The molecule has 0 aromatic heterocycles. The fourth-order valence-corrected chi connectivity index (χ4v) is 3.26. The second kappa shape index (κ2) is 4.15. The average Bonchev–Trinajstić information content (AvgIpc) is 2.97. The molecule has 0 bridgehead atoms. The minimum absolute atomic E-state index is 0.00519. The Kier molecular flexibility index (Phi) is 3.03. The Hall–Kier alpha value is -0.530. The quantitative estimate of drug-likeness (QED) is 0.776. The van der Waals surface area contributed by atoms with Gasteiger partial charge >= 0.3 is 5.97 Å². The molecule has 0 spiro atoms. The Balaban J connectivity index is 1.78. The SMILES string of the molecule is CC(C)C1CCC(C2CC2C(=O)O)CC1. The van der Waals surface area contributed by atoms with Crippen LogP contribution in [0.3, 0.4) is 0 Å². The second-order valence-electron chi connectivity index (χ2n) is 5.76. The summed E-state index contributed by atoms with van der Waals surface area (Å²) in [4.78, 5) is 10.8. The van der Waals surface area contributed by atoms with Gasteiger partial charge < -0.3 is 5.11 Å². The van der Waals surface area contributed by atoms with Gasteiger partial charge in [-0.2, -0.15) is 0 Å². The number of carboxylic acid groups (broad SMARTS) is 1. The molecule has 2 nitrogen and oxygen atoms in total. The third-order valence-corrected chi connectivity index (χ3v) is 4.52. The van der Waals surface area contributed by atoms with E-state index in [1.807, 2.05) is 0 Å². The molecule has 15 heavy (non-hydrogen) atoms. The zero-order chi connectivity index (χ0) is 11.0. The number of carboxylic acids is 1. The lowest BCUT2D eigenvalue weighted by atomic mass is 9.75. The first-order valence-electron chi connectivity index (χ1n) is 6.32. The summed E-state index contributed by atoms with van der Waals surface area (Å²) in [5.74, 6) is 2.39. The highest BCUT2D eigenvalue weighted by molar-refractivity contribution is 5.73. The maximum absolute atomic E-state index is 10.8. The van der Waals surface area contributed by atoms with Crippen LogP contribution < -0.4 is 0 Å². The standard InChI is InChI=1S/C13H22O2/c1-8(2)9-3-5-10(6-4-9)11-7-12(11)13(14)15/h8-12H,3-7H2,1-2H3,(H,14,15). The lowest BCUT2D eigenvalue weighted by molar-refractivity contribution is -0.139. The third kappa shape index (κ3) is 2.35. The van der Waals surface area contributed by atoms with E-state index in [4.69, 9.17) is 5.11 Å². The van der Waals surface area contributed by atoms with E-state index in [1.54, 1.807) is 0 Å². The minimum Gasteiger partial charge on any atom is -0.481 e. The van der Waals surface area contributed by atoms with Crippen LogP contribution in [0.1, 0.15) is 46.0 Å². The van der Waals surface area contributed by atoms with E-state index in [-0.39, 0.29) is 5.92 Å². The van der Waals surface area contributed by atoms with Crippen molar-refractivity contribution in [3.05, 3.63) is 0 Å². The van der Waals surface area contributed by atoms with Crippen molar-refractivity contribution in [3.8, 4) is 0 Å². The van der Waals surface area contributed by atoms with Crippen LogP contribution in [0.5, 0.6) is 0 Å². The number of aliphatic carboxylic acids is 1. The molecule has 1 N–H and O–H groups in total. The van der Waals surface area contributed by atoms with Crippen molar-refractivity contribution in [3.63, 3.8) is 0 Å². The first-order chi connectivity index (χ1) is 7.09. The minimum atomic E-state index is -0.564. The first kappa shape index (κ1) is 11.0. The molecule has 2 saturated carbocycles. The molecule has 0 aromatic carbocycles. The molecular formula is C13H22O2. The van der Waals surface area contributed by atoms with E-state index in [2.05, 4.69) is 13.8 Å². The van der Waals surface area contributed by atoms with E-state index in [0.717, 1.165) is 24.2 Å². The summed E-state index contributed by atoms with van der Waals surface area (Å²) in [5.41, 5.74) is 0. The molecular weight excluding hydrogens is 188 g/mol. The van der Waals surface area contributed by atoms with Crippen LogP contribution in [0.2, 0.25) is 0 Å². The van der Waals surface area contributed by atoms with Crippen LogP contribution in [0, 0.1) is 29.6 Å². The molecule has 2 rings (SSSR count). The van der Waals surface area contributed by atoms with E-state index in [0.29, 0.717) is 5.92 Å². The second-order valence-corrected chi connectivity index (χ2v) is 5.76. The first-order valence-corrected chi connectivity index (χ1v) is 6.32. The van der Waals surface area contributed by atoms with Crippen molar-refractivity contribution in [1.82, 2.24) is 0 Å². The maximum atomic E-state index is 10.8. The van der Waals surface area contributed by atoms with Gasteiger partial charge in [-0.05, 0) is 55.8 Å². The average molecular weight is 210 g/mol. The number of rotatable bonds is 3. The lowest BCUT2D eigenvalue weighted by Gasteiger charge is -2.31. The van der Waals surface area contributed by atoms with Crippen LogP contribution in [-0.4, -0.2) is 11.1 Å². The molecule has 2 aliphatic carbocycles. The third-order valence-electron chi connectivity index (χ3n) is 4.52. The van der Waals surface area contributed by atoms with Gasteiger partial charge in [0.05, 0.1) is 5.92 Å². The van der Waals surface area contributed by atoms with Crippen LogP contribution in [0.15, 0.2) is 0 Å². The van der Waals surface area contributed by atoms with E-state index >= 15 is 0 Å². The van der Waals surface area contributed by atoms with Crippen LogP contribution in [0.4, 0.5) is 0 Å². The van der Waals surface area contributed by atoms with Gasteiger partial charge in [0.15, 0.2) is 0 Å². The van der Waals surface area contributed by atoms with Gasteiger partial charge in [-0.3, -0.25) is 4.79 Å². The van der Waals surface area contributed by atoms with Gasteiger partial charge in [0.2, 0.25) is 0 Å². The molecule has 2 unspecified atom stereocenters. The summed E-state index contributed by atoms with van der Waals surface area (Å²) in [6, 6.07) is 0. The molecule has 0 radical (unpaired) electrons. The van der Waals surface area contributed by atoms with Crippen molar-refractivity contribution < 1.29 is 9.90 Å². The van der Waals surface area contributed by atoms with Crippen LogP contribution >= 0.6 is 0 Å². The molecule has 0 amide bonds. The molecule has 0 aromatic rings. The molecule has 2 heteroatoms. The monoisotopic (exact) mass is 210 g/mol. The van der Waals surface area contributed by atoms with E-state index < -0.39 is 5.97 Å². The largest absolute Gasteiger partial charge is 0.481 e. The molecule has 2 atom stereocenters. The van der Waals surface area contributed by atoms with Crippen molar-refractivity contribution in [1.29, 1.82) is 0 Å². The smallest absolute Gasteiger partial charge is 0.306 e. The highest BCUT2D eigenvalue weighted by atomic mass is 16.4. The molecule has 2 fully saturated rings. The summed E-state index contributed by atoms with van der Waals surface area (Å²) in [6.45, 7) is 4.62. The van der Waals surface area contributed by atoms with Gasteiger partial charge in [0.25, 0.3) is 0 Å². The maximum Gasteiger partial charge on any atom is 0.306 e. The Labute approximate surface area is 92.1 Å². The Morgan fingerprint density at radius 3 is 2.20 bits per heavy atom. The Morgan fingerprint density at radius 1 is 1.20 bits per heavy atom. The van der Waals surface area contributed by atoms with Gasteiger partial charge in [-0.25, -0.2) is 0 Å². The topological polar surface area (TPSA) is 37.3 Å². The van der Waals surface area contributed by atoms with Crippen LogP contribution in [-0.2, 0) is 4.79 Å². The number of hydrogen-bond acceptors (Lipinski definition) is 1. The highest BCUT2D eigenvalue weighted by Crippen LogP contribution is 2.50. The van der Waals surface area contributed by atoms with E-state index in [9.17, 15) is 4.79 Å². The molecule has 0 aliphatic heterocycles. The zero-order valence-corrected chi connectivity index (χ0v) is 9.78. The fourth-order valence-electron chi connectivity index (χ4n) is 3.26. The summed E-state index contributed by atoms with van der Waals surface area (Å²) in [5, 5.41) is 8.89. The van der Waals surface area contributed by atoms with Crippen molar-refractivity contribution >= 4 is 5.97 Å². The predicted molar refractivity (Wildman–Crippen MR) is 59.5 cm³/mol. The number of hydrogen-bond donors (Lipinski definition) is 1. The van der Waals surface area contributed by atoms with Crippen molar-refractivity contribution in [2.75, 3.05) is 0 Å². The Bertz CT molecular complexity index is 239. The lowest BCUT2D eigenvalue weighted by Crippen LogP contribution is -2.20. The van der Waals surface area contributed by atoms with Gasteiger partial charge in [0, 0.05) is 0 Å². The van der Waals surface area contributed by atoms with Gasteiger partial charge in [0.1, 0.15) is 0 Å². The molecule has 86 valence electrons. The molecule has 2 aliphatic rings. The predicted octanol–water partition coefficient (Wildman–Crippen LogP) is 3.17. The Morgan fingerprint density at radius 2 is 1.80 bits per heavy atom. The van der Waals surface area contributed by atoms with Crippen molar-refractivity contribution in [2.45, 2.75) is 46.0 Å². The molecule has 0 saturated heterocycles. The van der Waals surface area contributed by atoms with Gasteiger partial charge in [-0.15, -0.1) is 0 Å². The summed E-state index contributed by atoms with van der Waals surface area (Å²) in [6.07, 6.45) is 6.15. The van der Waals surface area contributed by atoms with Gasteiger partial charge in [-0.1, -0.05) is 13.8 Å². The fraction of sp³-hybridized carbons (Fsp3) is 0.923. The normalized spacial score (nSPS) is 40.5. The zero-order valence-electron chi connectivity index (χ0n) is 9.78. The summed E-state index contributed by atoms with van der Waals surface area (Å²) >= 11 is 0. The summed E-state index contributed by atoms with van der Waals surface area (Å²) < 4.78 is 0. The molecule has 0 heterocycles.